The summed E-state index contributed by atoms with van der Waals surface area (Å²) in [6.45, 7) is 5.00. The molecule has 0 saturated carbocycles. The van der Waals surface area contributed by atoms with Gasteiger partial charge in [-0.3, -0.25) is 4.79 Å². The fourth-order valence-electron chi connectivity index (χ4n) is 1.43. The van der Waals surface area contributed by atoms with Crippen molar-refractivity contribution in [1.29, 1.82) is 0 Å². The number of rotatable bonds is 7. The maximum absolute atomic E-state index is 11.0. The van der Waals surface area contributed by atoms with E-state index in [-0.39, 0.29) is 11.9 Å². The zero-order valence-corrected chi connectivity index (χ0v) is 9.71. The van der Waals surface area contributed by atoms with Gasteiger partial charge in [0.25, 0.3) is 0 Å². The van der Waals surface area contributed by atoms with Crippen LogP contribution in [-0.4, -0.2) is 43.5 Å². The van der Waals surface area contributed by atoms with Crippen molar-refractivity contribution in [3.63, 3.8) is 0 Å². The highest BCUT2D eigenvalue weighted by Crippen LogP contribution is 2.04. The highest BCUT2D eigenvalue weighted by molar-refractivity contribution is 5.80. The Balaban J connectivity index is 4.01. The van der Waals surface area contributed by atoms with Gasteiger partial charge in [-0.15, -0.1) is 0 Å². The van der Waals surface area contributed by atoms with E-state index in [4.69, 9.17) is 5.73 Å². The maximum atomic E-state index is 11.0. The van der Waals surface area contributed by atoms with Crippen LogP contribution in [0.4, 0.5) is 0 Å². The third kappa shape index (κ3) is 4.58. The van der Waals surface area contributed by atoms with E-state index in [1.54, 1.807) is 7.05 Å². The van der Waals surface area contributed by atoms with Crippen molar-refractivity contribution in [3.05, 3.63) is 0 Å². The summed E-state index contributed by atoms with van der Waals surface area (Å²) < 4.78 is 0. The van der Waals surface area contributed by atoms with Gasteiger partial charge in [0, 0.05) is 12.6 Å². The summed E-state index contributed by atoms with van der Waals surface area (Å²) in [6, 6.07) is 0.245. The number of nitrogens with zero attached hydrogens (tertiary/aromatic N) is 1. The number of nitrogens with one attached hydrogen (secondary N) is 1. The third-order valence-corrected chi connectivity index (χ3v) is 2.62. The van der Waals surface area contributed by atoms with Crippen LogP contribution in [0.2, 0.25) is 0 Å². The number of nitrogens with two attached hydrogens (primary N) is 1. The topological polar surface area (TPSA) is 58.4 Å². The predicted octanol–water partition coefficient (Wildman–Crippen LogP) is 0.180. The van der Waals surface area contributed by atoms with E-state index in [1.165, 1.54) is 0 Å². The molecule has 14 heavy (non-hydrogen) atoms. The van der Waals surface area contributed by atoms with Crippen molar-refractivity contribution < 1.29 is 4.79 Å². The molecule has 0 aromatic rings. The van der Waals surface area contributed by atoms with Crippen LogP contribution in [0, 0.1) is 0 Å². The molecule has 4 nitrogen and oxygen atoms in total. The molecule has 2 unspecified atom stereocenters. The van der Waals surface area contributed by atoms with Gasteiger partial charge < -0.3 is 16.0 Å². The van der Waals surface area contributed by atoms with Gasteiger partial charge in [-0.25, -0.2) is 0 Å². The summed E-state index contributed by atoms with van der Waals surface area (Å²) in [4.78, 5) is 13.1. The van der Waals surface area contributed by atoms with Crippen molar-refractivity contribution in [3.8, 4) is 0 Å². The second kappa shape index (κ2) is 6.79. The van der Waals surface area contributed by atoms with Gasteiger partial charge in [0.05, 0.1) is 6.04 Å². The standard InChI is InChI=1S/C10H23N3O/c1-5-6-8(2)13(4)7-9(12-3)10(11)14/h8-9,12H,5-7H2,1-4H3,(H2,11,14). The molecule has 0 radical (unpaired) electrons. The molecule has 0 saturated heterocycles. The summed E-state index contributed by atoms with van der Waals surface area (Å²) in [5, 5.41) is 2.91. The van der Waals surface area contributed by atoms with E-state index in [0.29, 0.717) is 12.6 Å². The van der Waals surface area contributed by atoms with E-state index in [2.05, 4.69) is 24.1 Å². The molecular formula is C10H23N3O. The van der Waals surface area contributed by atoms with Crippen molar-refractivity contribution >= 4 is 5.91 Å². The van der Waals surface area contributed by atoms with Crippen LogP contribution in [0.25, 0.3) is 0 Å². The molecule has 1 amide bonds. The Kier molecular flexibility index (Phi) is 6.49. The average Bonchev–Trinajstić information content (AvgIpc) is 2.13. The molecule has 0 aliphatic rings. The zero-order chi connectivity index (χ0) is 11.1. The number of amides is 1. The first-order valence-corrected chi connectivity index (χ1v) is 5.19. The molecule has 0 rings (SSSR count). The van der Waals surface area contributed by atoms with Crippen LogP contribution in [0.15, 0.2) is 0 Å². The molecule has 84 valence electrons. The highest BCUT2D eigenvalue weighted by atomic mass is 16.1. The Hall–Kier alpha value is -0.610. The first-order chi connectivity index (χ1) is 6.52. The molecule has 4 heteroatoms. The molecule has 0 heterocycles. The fraction of sp³-hybridized carbons (Fsp3) is 0.900. The lowest BCUT2D eigenvalue weighted by Crippen LogP contribution is -2.48. The summed E-state index contributed by atoms with van der Waals surface area (Å²) in [5.74, 6) is -0.289. The molecule has 0 bridgehead atoms. The van der Waals surface area contributed by atoms with Gasteiger partial charge in [-0.2, -0.15) is 0 Å². The van der Waals surface area contributed by atoms with E-state index in [0.717, 1.165) is 12.8 Å². The Bertz CT molecular complexity index is 173. The van der Waals surface area contributed by atoms with Gasteiger partial charge in [-0.1, -0.05) is 13.3 Å². The smallest absolute Gasteiger partial charge is 0.235 e. The fourth-order valence-corrected chi connectivity index (χ4v) is 1.43. The maximum Gasteiger partial charge on any atom is 0.235 e. The normalized spacial score (nSPS) is 15.5. The predicted molar refractivity (Wildman–Crippen MR) is 59.0 cm³/mol. The number of carbonyl (C=O) groups excluding carboxylic acids is 1. The largest absolute Gasteiger partial charge is 0.368 e. The van der Waals surface area contributed by atoms with Crippen LogP contribution >= 0.6 is 0 Å². The number of hydrogen-bond acceptors (Lipinski definition) is 3. The molecule has 0 aromatic carbocycles. The number of carbonyl (C=O) groups is 1. The van der Waals surface area contributed by atoms with Crippen molar-refractivity contribution in [1.82, 2.24) is 10.2 Å². The van der Waals surface area contributed by atoms with Gasteiger partial charge in [0.15, 0.2) is 0 Å². The van der Waals surface area contributed by atoms with E-state index < -0.39 is 0 Å². The quantitative estimate of drug-likeness (QED) is 0.618. The number of likely N-dealkylation sites (N-methyl/N-ethyl adjacent to an activating group) is 2. The minimum atomic E-state index is -0.289. The van der Waals surface area contributed by atoms with Gasteiger partial charge in [-0.05, 0) is 27.4 Å². The minimum absolute atomic E-state index is 0.251. The SMILES string of the molecule is CCCC(C)N(C)CC(NC)C(N)=O. The second-order valence-electron chi connectivity index (χ2n) is 3.82. The summed E-state index contributed by atoms with van der Waals surface area (Å²) in [6.07, 6.45) is 2.30. The van der Waals surface area contributed by atoms with Gasteiger partial charge in [0.1, 0.15) is 0 Å². The first-order valence-electron chi connectivity index (χ1n) is 5.19. The minimum Gasteiger partial charge on any atom is -0.368 e. The van der Waals surface area contributed by atoms with E-state index >= 15 is 0 Å². The average molecular weight is 201 g/mol. The molecule has 3 N–H and O–H groups in total. The van der Waals surface area contributed by atoms with Crippen LogP contribution in [0.1, 0.15) is 26.7 Å². The molecule has 0 fully saturated rings. The summed E-state index contributed by atoms with van der Waals surface area (Å²) >= 11 is 0. The van der Waals surface area contributed by atoms with Crippen LogP contribution in [0.5, 0.6) is 0 Å². The lowest BCUT2D eigenvalue weighted by Gasteiger charge is -2.27. The highest BCUT2D eigenvalue weighted by Gasteiger charge is 2.17. The van der Waals surface area contributed by atoms with Crippen LogP contribution < -0.4 is 11.1 Å². The molecule has 0 aromatic heterocycles. The Morgan fingerprint density at radius 1 is 1.57 bits per heavy atom. The Labute approximate surface area is 86.8 Å². The lowest BCUT2D eigenvalue weighted by molar-refractivity contribution is -0.120. The molecule has 0 spiro atoms. The van der Waals surface area contributed by atoms with Crippen LogP contribution in [0.3, 0.4) is 0 Å². The number of primary amides is 1. The first kappa shape index (κ1) is 13.4. The Morgan fingerprint density at radius 3 is 2.50 bits per heavy atom. The molecular weight excluding hydrogens is 178 g/mol. The molecule has 0 aliphatic heterocycles. The summed E-state index contributed by atoms with van der Waals surface area (Å²) in [5.41, 5.74) is 5.24. The third-order valence-electron chi connectivity index (χ3n) is 2.62. The van der Waals surface area contributed by atoms with Crippen molar-refractivity contribution in [2.75, 3.05) is 20.6 Å². The monoisotopic (exact) mass is 201 g/mol. The molecule has 2 atom stereocenters. The van der Waals surface area contributed by atoms with Gasteiger partial charge in [0.2, 0.25) is 5.91 Å². The summed E-state index contributed by atoms with van der Waals surface area (Å²) in [7, 11) is 3.78. The van der Waals surface area contributed by atoms with Crippen molar-refractivity contribution in [2.45, 2.75) is 38.8 Å². The number of hydrogen-bond donors (Lipinski definition) is 2. The zero-order valence-electron chi connectivity index (χ0n) is 9.71. The van der Waals surface area contributed by atoms with E-state index in [9.17, 15) is 4.79 Å². The molecule has 0 aliphatic carbocycles. The van der Waals surface area contributed by atoms with Gasteiger partial charge >= 0.3 is 0 Å². The van der Waals surface area contributed by atoms with Crippen molar-refractivity contribution in [2.24, 2.45) is 5.73 Å². The lowest BCUT2D eigenvalue weighted by atomic mass is 10.1. The van der Waals surface area contributed by atoms with Crippen LogP contribution in [-0.2, 0) is 4.79 Å². The second-order valence-corrected chi connectivity index (χ2v) is 3.82. The van der Waals surface area contributed by atoms with E-state index in [1.807, 2.05) is 7.05 Å². The Morgan fingerprint density at radius 2 is 2.14 bits per heavy atom.